The van der Waals surface area contributed by atoms with E-state index in [-0.39, 0.29) is 0 Å². The van der Waals surface area contributed by atoms with Crippen molar-refractivity contribution in [2.75, 3.05) is 0 Å². The number of hydrogen-bond acceptors (Lipinski definition) is 0. The molecule has 1 aliphatic carbocycles. The van der Waals surface area contributed by atoms with E-state index >= 15 is 0 Å². The van der Waals surface area contributed by atoms with Crippen molar-refractivity contribution < 1.29 is 0 Å². The Morgan fingerprint density at radius 1 is 0.196 bits per heavy atom. The van der Waals surface area contributed by atoms with Gasteiger partial charge in [0.25, 0.3) is 0 Å². The van der Waals surface area contributed by atoms with Gasteiger partial charge in [-0.3, -0.25) is 0 Å². The highest BCUT2D eigenvalue weighted by Crippen LogP contribution is 2.52. The van der Waals surface area contributed by atoms with Crippen molar-refractivity contribution in [2.24, 2.45) is 0 Å². The maximum Gasteiger partial charge on any atom is -0.00199 e. The Hall–Kier alpha value is -7.28. The first kappa shape index (κ1) is 31.1. The van der Waals surface area contributed by atoms with Gasteiger partial charge in [-0.05, 0) is 133 Å². The van der Waals surface area contributed by atoms with Crippen LogP contribution in [0, 0.1) is 0 Å². The monoisotopic (exact) mass is 706 g/mol. The van der Waals surface area contributed by atoms with Gasteiger partial charge in [-0.2, -0.15) is 0 Å². The van der Waals surface area contributed by atoms with Crippen molar-refractivity contribution in [3.05, 3.63) is 206 Å². The number of benzene rings is 11. The fraction of sp³-hybridized carbons (Fsp3) is 0. The van der Waals surface area contributed by atoms with E-state index in [1.165, 1.54) is 121 Å². The summed E-state index contributed by atoms with van der Waals surface area (Å²) >= 11 is 0. The van der Waals surface area contributed by atoms with Gasteiger partial charge < -0.3 is 0 Å². The van der Waals surface area contributed by atoms with Gasteiger partial charge in [0.1, 0.15) is 0 Å². The van der Waals surface area contributed by atoms with Crippen molar-refractivity contribution in [3.63, 3.8) is 0 Å². The molecular weight excluding hydrogens is 673 g/mol. The fourth-order valence-corrected chi connectivity index (χ4v) is 9.75. The van der Waals surface area contributed by atoms with E-state index < -0.39 is 0 Å². The summed E-state index contributed by atoms with van der Waals surface area (Å²) in [5.74, 6) is 0. The van der Waals surface area contributed by atoms with Gasteiger partial charge >= 0.3 is 0 Å². The molecule has 0 heteroatoms. The molecule has 0 saturated heterocycles. The van der Waals surface area contributed by atoms with E-state index in [1.807, 2.05) is 0 Å². The normalized spacial score (nSPS) is 11.9. The predicted molar refractivity (Wildman–Crippen MR) is 240 cm³/mol. The first-order chi connectivity index (χ1) is 27.8. The zero-order chi connectivity index (χ0) is 36.7. The lowest BCUT2D eigenvalue weighted by Crippen LogP contribution is -1.94. The molecule has 56 heavy (non-hydrogen) atoms. The maximum atomic E-state index is 2.47. The van der Waals surface area contributed by atoms with Crippen LogP contribution < -0.4 is 0 Å². The molecule has 0 spiro atoms. The SMILES string of the molecule is c1ccc(-c2c3cc(-c4cccc5ccccc45)ccc3c(-c3ccc4c5c(cccc35)-c3ccccc3-4)c3cc(-c4cccc5ccccc45)ccc23)cc1. The highest BCUT2D eigenvalue weighted by atomic mass is 14.3. The third-order valence-electron chi connectivity index (χ3n) is 12.2. The Balaban J connectivity index is 1.24. The van der Waals surface area contributed by atoms with Gasteiger partial charge in [-0.15, -0.1) is 0 Å². The van der Waals surface area contributed by atoms with Crippen LogP contribution in [0.25, 0.3) is 121 Å². The molecule has 258 valence electrons. The second kappa shape index (κ2) is 12.1. The smallest absolute Gasteiger partial charge is 0.00199 e. The number of rotatable bonds is 4. The van der Waals surface area contributed by atoms with Crippen LogP contribution in [-0.4, -0.2) is 0 Å². The third-order valence-corrected chi connectivity index (χ3v) is 12.2. The van der Waals surface area contributed by atoms with Crippen LogP contribution in [0.3, 0.4) is 0 Å². The standard InChI is InChI=1S/C56H34/c1-2-15-37(16-3-1)54-50-29-27-39(43-24-11-18-36-14-5-7-20-41(36)43)34-53(50)56(49-32-31-48-45-22-9-8-21-44(45)46-25-12-26-47(49)55(46)48)51-30-28-38(33-52(51)54)42-23-10-17-35-13-4-6-19-40(35)42/h1-34H. The molecule has 0 aromatic heterocycles. The molecule has 0 radical (unpaired) electrons. The minimum atomic E-state index is 1.22. The van der Waals surface area contributed by atoms with Gasteiger partial charge in [0, 0.05) is 0 Å². The van der Waals surface area contributed by atoms with Gasteiger partial charge in [-0.1, -0.05) is 194 Å². The molecule has 0 heterocycles. The fourth-order valence-electron chi connectivity index (χ4n) is 9.75. The average molecular weight is 707 g/mol. The molecular formula is C56H34. The molecule has 11 aromatic carbocycles. The summed E-state index contributed by atoms with van der Waals surface area (Å²) in [6.07, 6.45) is 0. The third kappa shape index (κ3) is 4.54. The van der Waals surface area contributed by atoms with Gasteiger partial charge in [0.2, 0.25) is 0 Å². The summed E-state index contributed by atoms with van der Waals surface area (Å²) in [5, 5.41) is 12.7. The summed E-state index contributed by atoms with van der Waals surface area (Å²) in [5.41, 5.74) is 15.2. The van der Waals surface area contributed by atoms with Crippen LogP contribution in [0.5, 0.6) is 0 Å². The first-order valence-corrected chi connectivity index (χ1v) is 19.5. The second-order valence-electron chi connectivity index (χ2n) is 15.1. The van der Waals surface area contributed by atoms with Crippen molar-refractivity contribution in [3.8, 4) is 66.8 Å². The Morgan fingerprint density at radius 3 is 1.30 bits per heavy atom. The van der Waals surface area contributed by atoms with E-state index in [0.29, 0.717) is 0 Å². The van der Waals surface area contributed by atoms with Crippen molar-refractivity contribution >= 4 is 53.9 Å². The lowest BCUT2D eigenvalue weighted by molar-refractivity contribution is 1.64. The molecule has 0 unspecified atom stereocenters. The van der Waals surface area contributed by atoms with E-state index in [4.69, 9.17) is 0 Å². The van der Waals surface area contributed by atoms with E-state index in [1.54, 1.807) is 0 Å². The molecule has 0 atom stereocenters. The molecule has 0 amide bonds. The van der Waals surface area contributed by atoms with Gasteiger partial charge in [0.15, 0.2) is 0 Å². The van der Waals surface area contributed by atoms with Crippen LogP contribution in [-0.2, 0) is 0 Å². The minimum absolute atomic E-state index is 1.22. The molecule has 0 fully saturated rings. The molecule has 0 nitrogen and oxygen atoms in total. The highest BCUT2D eigenvalue weighted by Gasteiger charge is 2.25. The summed E-state index contributed by atoms with van der Waals surface area (Å²) < 4.78 is 0. The summed E-state index contributed by atoms with van der Waals surface area (Å²) in [6, 6.07) is 76.7. The molecule has 0 N–H and O–H groups in total. The predicted octanol–water partition coefficient (Wildman–Crippen LogP) is 15.8. The molecule has 1 aliphatic rings. The first-order valence-electron chi connectivity index (χ1n) is 19.5. The number of fused-ring (bicyclic) bond motifs is 7. The van der Waals surface area contributed by atoms with E-state index in [9.17, 15) is 0 Å². The van der Waals surface area contributed by atoms with Crippen LogP contribution >= 0.6 is 0 Å². The highest BCUT2D eigenvalue weighted by molar-refractivity contribution is 6.27. The second-order valence-corrected chi connectivity index (χ2v) is 15.1. The lowest BCUT2D eigenvalue weighted by Gasteiger charge is -2.21. The number of hydrogen-bond donors (Lipinski definition) is 0. The lowest BCUT2D eigenvalue weighted by atomic mass is 9.82. The zero-order valence-corrected chi connectivity index (χ0v) is 30.6. The topological polar surface area (TPSA) is 0 Å². The van der Waals surface area contributed by atoms with Crippen LogP contribution in [0.1, 0.15) is 0 Å². The van der Waals surface area contributed by atoms with Gasteiger partial charge in [0.05, 0.1) is 0 Å². The molecule has 0 saturated carbocycles. The maximum absolute atomic E-state index is 2.47. The van der Waals surface area contributed by atoms with Crippen LogP contribution in [0.2, 0.25) is 0 Å². The van der Waals surface area contributed by atoms with Crippen molar-refractivity contribution in [2.45, 2.75) is 0 Å². The van der Waals surface area contributed by atoms with Crippen molar-refractivity contribution in [1.29, 1.82) is 0 Å². The minimum Gasteiger partial charge on any atom is -0.0622 e. The molecule has 0 aliphatic heterocycles. The summed E-state index contributed by atoms with van der Waals surface area (Å²) in [6.45, 7) is 0. The summed E-state index contributed by atoms with van der Waals surface area (Å²) in [7, 11) is 0. The van der Waals surface area contributed by atoms with E-state index in [0.717, 1.165) is 0 Å². The Labute approximate surface area is 325 Å². The molecule has 12 rings (SSSR count). The Morgan fingerprint density at radius 2 is 0.643 bits per heavy atom. The summed E-state index contributed by atoms with van der Waals surface area (Å²) in [4.78, 5) is 0. The van der Waals surface area contributed by atoms with E-state index in [2.05, 4.69) is 206 Å². The Bertz CT molecular complexity index is 3360. The quantitative estimate of drug-likeness (QED) is 0.160. The largest absolute Gasteiger partial charge is 0.0622 e. The van der Waals surface area contributed by atoms with Gasteiger partial charge in [-0.25, -0.2) is 0 Å². The average Bonchev–Trinajstić information content (AvgIpc) is 3.60. The van der Waals surface area contributed by atoms with Crippen LogP contribution in [0.4, 0.5) is 0 Å². The Kier molecular flexibility index (Phi) is 6.73. The molecule has 0 bridgehead atoms. The van der Waals surface area contributed by atoms with Crippen LogP contribution in [0.15, 0.2) is 206 Å². The van der Waals surface area contributed by atoms with Crippen molar-refractivity contribution in [1.82, 2.24) is 0 Å². The zero-order valence-electron chi connectivity index (χ0n) is 30.6. The molecule has 11 aromatic rings.